The Kier molecular flexibility index (Phi) is 8.18. The Hall–Kier alpha value is -1.52. The van der Waals surface area contributed by atoms with E-state index in [2.05, 4.69) is 10.6 Å². The average Bonchev–Trinajstić information content (AvgIpc) is 2.69. The van der Waals surface area contributed by atoms with Crippen LogP contribution in [0.15, 0.2) is 54.6 Å². The molecule has 1 saturated carbocycles. The Balaban J connectivity index is 0.00000261. The summed E-state index contributed by atoms with van der Waals surface area (Å²) in [5.41, 5.74) is 1.94. The second-order valence-electron chi connectivity index (χ2n) is 6.80. The van der Waals surface area contributed by atoms with Gasteiger partial charge in [-0.1, -0.05) is 61.7 Å². The zero-order valence-electron chi connectivity index (χ0n) is 15.7. The maximum atomic E-state index is 12.8. The number of hydrogen-bond donors (Lipinski definition) is 2. The first-order chi connectivity index (χ1) is 12.6. The van der Waals surface area contributed by atoms with Crippen molar-refractivity contribution in [2.24, 2.45) is 0 Å². The third-order valence-electron chi connectivity index (χ3n) is 5.02. The largest absolute Gasteiger partial charge is 0.504 e. The van der Waals surface area contributed by atoms with Gasteiger partial charge < -0.3 is 10.6 Å². The van der Waals surface area contributed by atoms with Gasteiger partial charge in [0.2, 0.25) is 5.91 Å². The van der Waals surface area contributed by atoms with Crippen molar-refractivity contribution in [3.63, 3.8) is 0 Å². The van der Waals surface area contributed by atoms with Crippen LogP contribution in [0.25, 0.3) is 11.1 Å². The minimum Gasteiger partial charge on any atom is -0.504 e. The molecule has 139 valence electrons. The Labute approximate surface area is 186 Å². The van der Waals surface area contributed by atoms with E-state index < -0.39 is 5.54 Å². The summed E-state index contributed by atoms with van der Waals surface area (Å²) in [7, 11) is 0. The second kappa shape index (κ2) is 10.1. The van der Waals surface area contributed by atoms with Gasteiger partial charge in [-0.15, -0.1) is 0 Å². The molecule has 2 aromatic rings. The number of rotatable bonds is 5. The molecule has 27 heavy (non-hydrogen) atoms. The van der Waals surface area contributed by atoms with Crippen molar-refractivity contribution >= 4 is 11.8 Å². The Morgan fingerprint density at radius 1 is 0.889 bits per heavy atom. The molecule has 0 heterocycles. The Bertz CT molecular complexity index is 754. The summed E-state index contributed by atoms with van der Waals surface area (Å²) in [4.78, 5) is 25.3. The van der Waals surface area contributed by atoms with Crippen molar-refractivity contribution in [1.82, 2.24) is 10.6 Å². The van der Waals surface area contributed by atoms with Crippen LogP contribution in [0.3, 0.4) is 0 Å². The monoisotopic (exact) mass is 438 g/mol. The molecule has 0 spiro atoms. The first kappa shape index (κ1) is 21.8. The summed E-state index contributed by atoms with van der Waals surface area (Å²) in [5, 5.41) is 5.79. The van der Waals surface area contributed by atoms with E-state index in [4.69, 9.17) is 0 Å². The van der Waals surface area contributed by atoms with Crippen LogP contribution in [0.2, 0.25) is 0 Å². The van der Waals surface area contributed by atoms with E-state index in [0.29, 0.717) is 18.4 Å². The van der Waals surface area contributed by atoms with E-state index in [0.717, 1.165) is 30.4 Å². The van der Waals surface area contributed by atoms with E-state index in [1.165, 1.54) is 0 Å². The van der Waals surface area contributed by atoms with Crippen LogP contribution in [0.4, 0.5) is 0 Å². The molecule has 5 heteroatoms. The van der Waals surface area contributed by atoms with Crippen molar-refractivity contribution < 1.29 is 42.3 Å². The Morgan fingerprint density at radius 2 is 1.48 bits per heavy atom. The molecule has 1 fully saturated rings. The van der Waals surface area contributed by atoms with Gasteiger partial charge >= 0.3 is 0 Å². The molecule has 0 aromatic heterocycles. The summed E-state index contributed by atoms with van der Waals surface area (Å²) in [5.74, 6) is -0.313. The van der Waals surface area contributed by atoms with Gasteiger partial charge in [-0.2, -0.15) is 6.92 Å². The molecule has 0 atom stereocenters. The molecule has 2 amide bonds. The fourth-order valence-electron chi connectivity index (χ4n) is 3.57. The molecule has 0 unspecified atom stereocenters. The quantitative estimate of drug-likeness (QED) is 0.692. The second-order valence-corrected chi connectivity index (χ2v) is 6.80. The Morgan fingerprint density at radius 3 is 2.07 bits per heavy atom. The van der Waals surface area contributed by atoms with Crippen LogP contribution in [-0.2, 0) is 37.5 Å². The molecule has 0 aliphatic heterocycles. The molecule has 1 radical (unpaired) electrons. The molecule has 2 N–H and O–H groups in total. The van der Waals surface area contributed by atoms with Gasteiger partial charge in [0.1, 0.15) is 5.54 Å². The predicted octanol–water partition coefficient (Wildman–Crippen LogP) is 4.08. The number of nitrogens with one attached hydrogen (secondary N) is 2. The van der Waals surface area contributed by atoms with Crippen LogP contribution in [0.5, 0.6) is 0 Å². The van der Waals surface area contributed by atoms with Crippen molar-refractivity contribution in [1.29, 1.82) is 0 Å². The number of benzene rings is 2. The van der Waals surface area contributed by atoms with Crippen LogP contribution < -0.4 is 10.6 Å². The van der Waals surface area contributed by atoms with Gasteiger partial charge in [-0.3, -0.25) is 9.59 Å². The zero-order chi connectivity index (χ0) is 18.4. The van der Waals surface area contributed by atoms with E-state index in [1.807, 2.05) is 54.6 Å². The summed E-state index contributed by atoms with van der Waals surface area (Å²) in [6.07, 6.45) is 4.36. The fourth-order valence-corrected chi connectivity index (χ4v) is 3.57. The van der Waals surface area contributed by atoms with E-state index in [-0.39, 0.29) is 44.5 Å². The first-order valence-electron chi connectivity index (χ1n) is 9.21. The van der Waals surface area contributed by atoms with Gasteiger partial charge in [0, 0.05) is 38.3 Å². The molecular weight excluding hydrogens is 413 g/mol. The number of carbonyl (C=O) groups excluding carboxylic acids is 2. The average molecular weight is 438 g/mol. The van der Waals surface area contributed by atoms with Gasteiger partial charge in [-0.25, -0.2) is 6.54 Å². The van der Waals surface area contributed by atoms with Gasteiger partial charge in [0.05, 0.1) is 0 Å². The maximum Gasteiger partial charge on any atom is 0.252 e. The van der Waals surface area contributed by atoms with Crippen LogP contribution in [-0.4, -0.2) is 17.4 Å². The smallest absolute Gasteiger partial charge is 0.252 e. The van der Waals surface area contributed by atoms with Crippen LogP contribution in [0.1, 0.15) is 49.4 Å². The van der Waals surface area contributed by atoms with Crippen molar-refractivity contribution in [2.75, 3.05) is 0 Å². The number of amides is 2. The minimum absolute atomic E-state index is 0. The number of hydrogen-bond acceptors (Lipinski definition) is 2. The minimum atomic E-state index is -0.806. The summed E-state index contributed by atoms with van der Waals surface area (Å²) in [6.45, 7) is 3.40. The van der Waals surface area contributed by atoms with Crippen molar-refractivity contribution in [2.45, 2.75) is 44.6 Å². The van der Waals surface area contributed by atoms with Crippen LogP contribution >= 0.6 is 0 Å². The third kappa shape index (κ3) is 5.27. The topological polar surface area (TPSA) is 58.2 Å². The predicted molar refractivity (Wildman–Crippen MR) is 103 cm³/mol. The van der Waals surface area contributed by atoms with E-state index >= 15 is 0 Å². The summed E-state index contributed by atoms with van der Waals surface area (Å²) >= 11 is 0. The van der Waals surface area contributed by atoms with Crippen molar-refractivity contribution in [3.05, 3.63) is 66.7 Å². The molecule has 0 bridgehead atoms. The molecule has 0 saturated heterocycles. The molecule has 1 aliphatic carbocycles. The maximum absolute atomic E-state index is 12.8. The summed E-state index contributed by atoms with van der Waals surface area (Å²) in [6, 6.07) is 17.6. The molecule has 3 rings (SSSR count). The summed E-state index contributed by atoms with van der Waals surface area (Å²) < 4.78 is 0. The van der Waals surface area contributed by atoms with E-state index in [1.54, 1.807) is 13.5 Å². The zero-order valence-corrected chi connectivity index (χ0v) is 18.5. The van der Waals surface area contributed by atoms with Gasteiger partial charge in [0.15, 0.2) is 0 Å². The van der Waals surface area contributed by atoms with Crippen molar-refractivity contribution in [3.8, 4) is 11.1 Å². The third-order valence-corrected chi connectivity index (χ3v) is 5.02. The molecule has 1 aliphatic rings. The van der Waals surface area contributed by atoms with Gasteiger partial charge in [-0.05, 0) is 36.1 Å². The molecule has 2 aromatic carbocycles. The molecule has 4 nitrogen and oxygen atoms in total. The number of carbonyl (C=O) groups is 2. The first-order valence-corrected chi connectivity index (χ1v) is 9.21. The normalized spacial score (nSPS) is 15.3. The molecular formula is C22H25N2O2Y-. The van der Waals surface area contributed by atoms with E-state index in [9.17, 15) is 9.59 Å². The van der Waals surface area contributed by atoms with Gasteiger partial charge in [0.25, 0.3) is 5.91 Å². The SMILES string of the molecule is C[CH-]NC(=O)C1(NC(=O)c2ccc(-c3ccccc3)cc2)CCCCC1.[Y]. The fraction of sp³-hybridized carbons (Fsp3) is 0.318. The standard InChI is InChI=1S/C22H25N2O2.Y/c1-2-23-21(26)22(15-7-4-8-16-22)24-20(25)19-13-11-18(12-14-19)17-9-5-3-6-10-17;/h2-3,5-6,9-14H,4,7-8,15-16H2,1H3,(H,23,26)(H,24,25);/q-1;. The van der Waals surface area contributed by atoms with Crippen LogP contribution in [0, 0.1) is 6.54 Å².